The van der Waals surface area contributed by atoms with Crippen molar-refractivity contribution in [1.29, 1.82) is 0 Å². The number of carbonyl (C=O) groups excluding carboxylic acids is 1. The van der Waals surface area contributed by atoms with E-state index in [4.69, 9.17) is 4.74 Å². The Morgan fingerprint density at radius 1 is 0.968 bits per heavy atom. The van der Waals surface area contributed by atoms with Gasteiger partial charge in [-0.2, -0.15) is 0 Å². The standard InChI is InChI=1S/C25H32FN3O2/c26-24-8-2-6-22(15-24)18-29-9-3-7-23(19-29)25(30)27-16-20-4-1-5-21(14-20)17-28-10-12-31-13-11-28/h1-2,4-6,8,14-15,23H,3,7,9-13,16-19H2,(H,27,30). The van der Waals surface area contributed by atoms with Crippen LogP contribution < -0.4 is 5.32 Å². The summed E-state index contributed by atoms with van der Waals surface area (Å²) in [6, 6.07) is 15.2. The van der Waals surface area contributed by atoms with E-state index in [0.29, 0.717) is 13.1 Å². The fourth-order valence-corrected chi connectivity index (χ4v) is 4.50. The van der Waals surface area contributed by atoms with Crippen molar-refractivity contribution < 1.29 is 13.9 Å². The van der Waals surface area contributed by atoms with Crippen LogP contribution in [0.5, 0.6) is 0 Å². The molecule has 1 unspecified atom stereocenters. The number of morpholine rings is 1. The summed E-state index contributed by atoms with van der Waals surface area (Å²) in [7, 11) is 0. The molecule has 0 spiro atoms. The molecule has 2 fully saturated rings. The quantitative estimate of drug-likeness (QED) is 0.740. The van der Waals surface area contributed by atoms with Crippen molar-refractivity contribution in [2.75, 3.05) is 39.4 Å². The van der Waals surface area contributed by atoms with Gasteiger partial charge < -0.3 is 10.1 Å². The van der Waals surface area contributed by atoms with Gasteiger partial charge in [-0.15, -0.1) is 0 Å². The molecular weight excluding hydrogens is 393 g/mol. The van der Waals surface area contributed by atoms with Crippen molar-refractivity contribution in [3.05, 3.63) is 71.0 Å². The maximum atomic E-state index is 13.5. The Morgan fingerprint density at radius 2 is 1.68 bits per heavy atom. The second-order valence-electron chi connectivity index (χ2n) is 8.63. The lowest BCUT2D eigenvalue weighted by molar-refractivity contribution is -0.126. The van der Waals surface area contributed by atoms with Gasteiger partial charge in [-0.1, -0.05) is 36.4 Å². The third-order valence-electron chi connectivity index (χ3n) is 6.14. The Morgan fingerprint density at radius 3 is 2.48 bits per heavy atom. The number of nitrogens with one attached hydrogen (secondary N) is 1. The fraction of sp³-hybridized carbons (Fsp3) is 0.480. The van der Waals surface area contributed by atoms with Crippen LogP contribution in [0.1, 0.15) is 29.5 Å². The van der Waals surface area contributed by atoms with E-state index in [0.717, 1.165) is 69.9 Å². The summed E-state index contributed by atoms with van der Waals surface area (Å²) in [5.74, 6) is -0.110. The van der Waals surface area contributed by atoms with E-state index in [1.807, 2.05) is 6.07 Å². The Kier molecular flexibility index (Phi) is 7.67. The molecule has 5 nitrogen and oxygen atoms in total. The van der Waals surface area contributed by atoms with Gasteiger partial charge in [-0.3, -0.25) is 14.6 Å². The normalized spacial score (nSPS) is 20.5. The Hall–Kier alpha value is -2.28. The summed E-state index contributed by atoms with van der Waals surface area (Å²) >= 11 is 0. The second-order valence-corrected chi connectivity index (χ2v) is 8.63. The summed E-state index contributed by atoms with van der Waals surface area (Å²) < 4.78 is 18.9. The van der Waals surface area contributed by atoms with Gasteiger partial charge in [-0.25, -0.2) is 4.39 Å². The number of amides is 1. The fourth-order valence-electron chi connectivity index (χ4n) is 4.50. The molecule has 2 aliphatic heterocycles. The molecule has 2 saturated heterocycles. The molecule has 2 heterocycles. The average molecular weight is 426 g/mol. The lowest BCUT2D eigenvalue weighted by Gasteiger charge is -2.32. The lowest BCUT2D eigenvalue weighted by Crippen LogP contribution is -2.42. The summed E-state index contributed by atoms with van der Waals surface area (Å²) in [6.45, 7) is 7.36. The van der Waals surface area contributed by atoms with Crippen LogP contribution in [0.4, 0.5) is 4.39 Å². The van der Waals surface area contributed by atoms with Crippen molar-refractivity contribution in [1.82, 2.24) is 15.1 Å². The van der Waals surface area contributed by atoms with E-state index >= 15 is 0 Å². The highest BCUT2D eigenvalue weighted by molar-refractivity contribution is 5.79. The molecule has 2 aliphatic rings. The highest BCUT2D eigenvalue weighted by Gasteiger charge is 2.25. The van der Waals surface area contributed by atoms with E-state index in [1.54, 1.807) is 12.1 Å². The molecule has 1 amide bonds. The largest absolute Gasteiger partial charge is 0.379 e. The maximum Gasteiger partial charge on any atom is 0.224 e. The number of hydrogen-bond acceptors (Lipinski definition) is 4. The number of halogens is 1. The highest BCUT2D eigenvalue weighted by Crippen LogP contribution is 2.19. The second kappa shape index (κ2) is 10.8. The highest BCUT2D eigenvalue weighted by atomic mass is 19.1. The predicted molar refractivity (Wildman–Crippen MR) is 119 cm³/mol. The van der Waals surface area contributed by atoms with Gasteiger partial charge in [-0.05, 0) is 48.2 Å². The molecule has 166 valence electrons. The van der Waals surface area contributed by atoms with Gasteiger partial charge in [0.2, 0.25) is 5.91 Å². The number of rotatable bonds is 7. The molecule has 6 heteroatoms. The van der Waals surface area contributed by atoms with Crippen LogP contribution in [0.2, 0.25) is 0 Å². The zero-order valence-electron chi connectivity index (χ0n) is 18.1. The third kappa shape index (κ3) is 6.60. The number of piperidine rings is 1. The minimum Gasteiger partial charge on any atom is -0.379 e. The Bertz CT molecular complexity index is 869. The molecule has 0 aromatic heterocycles. The monoisotopic (exact) mass is 425 g/mol. The number of benzene rings is 2. The number of carbonyl (C=O) groups is 1. The first kappa shape index (κ1) is 21.9. The molecule has 4 rings (SSSR count). The zero-order chi connectivity index (χ0) is 21.5. The van der Waals surface area contributed by atoms with Gasteiger partial charge in [0, 0.05) is 39.3 Å². The van der Waals surface area contributed by atoms with E-state index in [9.17, 15) is 9.18 Å². The molecule has 0 bridgehead atoms. The minimum absolute atomic E-state index is 0.0150. The first-order chi connectivity index (χ1) is 15.2. The number of likely N-dealkylation sites (tertiary alicyclic amines) is 1. The van der Waals surface area contributed by atoms with Crippen LogP contribution in [0.3, 0.4) is 0 Å². The van der Waals surface area contributed by atoms with Crippen molar-refractivity contribution in [2.45, 2.75) is 32.5 Å². The number of hydrogen-bond donors (Lipinski definition) is 1. The first-order valence-electron chi connectivity index (χ1n) is 11.3. The summed E-state index contributed by atoms with van der Waals surface area (Å²) in [5, 5.41) is 3.13. The number of nitrogens with zero attached hydrogens (tertiary/aromatic N) is 2. The van der Waals surface area contributed by atoms with Crippen molar-refractivity contribution in [2.24, 2.45) is 5.92 Å². The minimum atomic E-state index is -0.209. The molecule has 1 N–H and O–H groups in total. The van der Waals surface area contributed by atoms with Crippen LogP contribution in [-0.2, 0) is 29.2 Å². The van der Waals surface area contributed by atoms with Crippen molar-refractivity contribution in [3.8, 4) is 0 Å². The van der Waals surface area contributed by atoms with Crippen LogP contribution in [0.25, 0.3) is 0 Å². The van der Waals surface area contributed by atoms with E-state index < -0.39 is 0 Å². The predicted octanol–water partition coefficient (Wildman–Crippen LogP) is 3.19. The topological polar surface area (TPSA) is 44.8 Å². The van der Waals surface area contributed by atoms with Gasteiger partial charge in [0.25, 0.3) is 0 Å². The van der Waals surface area contributed by atoms with Crippen LogP contribution in [0.15, 0.2) is 48.5 Å². The van der Waals surface area contributed by atoms with Crippen molar-refractivity contribution in [3.63, 3.8) is 0 Å². The van der Waals surface area contributed by atoms with Crippen LogP contribution >= 0.6 is 0 Å². The molecule has 2 aromatic rings. The zero-order valence-corrected chi connectivity index (χ0v) is 18.1. The summed E-state index contributed by atoms with van der Waals surface area (Å²) in [5.41, 5.74) is 3.36. The molecule has 31 heavy (non-hydrogen) atoms. The van der Waals surface area contributed by atoms with Crippen LogP contribution in [-0.4, -0.2) is 55.1 Å². The molecule has 0 saturated carbocycles. The Labute approximate surface area is 184 Å². The summed E-state index contributed by atoms with van der Waals surface area (Å²) in [4.78, 5) is 17.5. The maximum absolute atomic E-state index is 13.5. The number of ether oxygens (including phenoxy) is 1. The molecule has 1 atom stereocenters. The van der Waals surface area contributed by atoms with E-state index in [2.05, 4.69) is 39.4 Å². The molecule has 0 aliphatic carbocycles. The van der Waals surface area contributed by atoms with Gasteiger partial charge in [0.15, 0.2) is 0 Å². The lowest BCUT2D eigenvalue weighted by atomic mass is 9.96. The van der Waals surface area contributed by atoms with Gasteiger partial charge >= 0.3 is 0 Å². The smallest absolute Gasteiger partial charge is 0.224 e. The third-order valence-corrected chi connectivity index (χ3v) is 6.14. The SMILES string of the molecule is O=C(NCc1cccc(CN2CCOCC2)c1)C1CCCN(Cc2cccc(F)c2)C1. The molecular formula is C25H32FN3O2. The molecule has 0 radical (unpaired) electrons. The van der Waals surface area contributed by atoms with Gasteiger partial charge in [0.05, 0.1) is 19.1 Å². The van der Waals surface area contributed by atoms with E-state index in [-0.39, 0.29) is 17.6 Å². The van der Waals surface area contributed by atoms with E-state index in [1.165, 1.54) is 11.6 Å². The van der Waals surface area contributed by atoms with Gasteiger partial charge in [0.1, 0.15) is 5.82 Å². The first-order valence-corrected chi connectivity index (χ1v) is 11.3. The van der Waals surface area contributed by atoms with Crippen LogP contribution in [0, 0.1) is 11.7 Å². The Balaban J connectivity index is 1.26. The van der Waals surface area contributed by atoms with Crippen molar-refractivity contribution >= 4 is 5.91 Å². The molecule has 2 aromatic carbocycles. The average Bonchev–Trinajstić information content (AvgIpc) is 2.79. The summed E-state index contributed by atoms with van der Waals surface area (Å²) in [6.07, 6.45) is 1.89.